The number of phenolic OH excluding ortho intramolecular Hbond substituents is 1. The van der Waals surface area contributed by atoms with Crippen LogP contribution >= 0.6 is 0 Å². The zero-order valence-corrected chi connectivity index (χ0v) is 11.0. The Morgan fingerprint density at radius 2 is 1.89 bits per heavy atom. The predicted molar refractivity (Wildman–Crippen MR) is 76.2 cm³/mol. The molecule has 0 aromatic heterocycles. The Kier molecular flexibility index (Phi) is 3.90. The Morgan fingerprint density at radius 1 is 1.16 bits per heavy atom. The highest BCUT2D eigenvalue weighted by Gasteiger charge is 2.06. The molecule has 2 aromatic carbocycles. The van der Waals surface area contributed by atoms with E-state index >= 15 is 0 Å². The normalized spacial score (nSPS) is 10.3. The van der Waals surface area contributed by atoms with Crippen molar-refractivity contribution in [2.24, 2.45) is 0 Å². The lowest BCUT2D eigenvalue weighted by Crippen LogP contribution is -2.09. The highest BCUT2D eigenvalue weighted by molar-refractivity contribution is 5.57. The van der Waals surface area contributed by atoms with Crippen LogP contribution in [0.5, 0.6) is 5.75 Å². The summed E-state index contributed by atoms with van der Waals surface area (Å²) in [5.41, 5.74) is 2.54. The molecule has 4 heteroatoms. The topological polar surface area (TPSA) is 35.5 Å². The Labute approximate surface area is 112 Å². The van der Waals surface area contributed by atoms with E-state index in [1.165, 1.54) is 6.07 Å². The number of anilines is 2. The smallest absolute Gasteiger partial charge is 0.165 e. The van der Waals surface area contributed by atoms with Crippen LogP contribution in [0.2, 0.25) is 0 Å². The van der Waals surface area contributed by atoms with Gasteiger partial charge in [0.15, 0.2) is 11.6 Å². The third kappa shape index (κ3) is 3.16. The van der Waals surface area contributed by atoms with E-state index in [1.807, 2.05) is 43.3 Å². The molecule has 0 spiro atoms. The first kappa shape index (κ1) is 13.2. The van der Waals surface area contributed by atoms with E-state index in [9.17, 15) is 9.50 Å². The molecule has 0 radical (unpaired) electrons. The number of nitrogens with one attached hydrogen (secondary N) is 1. The van der Waals surface area contributed by atoms with Gasteiger partial charge in [-0.2, -0.15) is 0 Å². The average molecular weight is 260 g/mol. The van der Waals surface area contributed by atoms with Gasteiger partial charge in [0.25, 0.3) is 0 Å². The minimum Gasteiger partial charge on any atom is -0.505 e. The maximum Gasteiger partial charge on any atom is 0.165 e. The third-order valence-electron chi connectivity index (χ3n) is 2.92. The van der Waals surface area contributed by atoms with Crippen LogP contribution in [0.3, 0.4) is 0 Å². The molecule has 0 unspecified atom stereocenters. The van der Waals surface area contributed by atoms with E-state index in [0.29, 0.717) is 12.1 Å². The fourth-order valence-corrected chi connectivity index (χ4v) is 1.79. The minimum atomic E-state index is -0.596. The second-order valence-electron chi connectivity index (χ2n) is 4.55. The summed E-state index contributed by atoms with van der Waals surface area (Å²) in [6.07, 6.45) is 0. The van der Waals surface area contributed by atoms with Gasteiger partial charge in [-0.1, -0.05) is 18.2 Å². The summed E-state index contributed by atoms with van der Waals surface area (Å²) < 4.78 is 13.2. The van der Waals surface area contributed by atoms with Crippen molar-refractivity contribution in [3.8, 4) is 5.75 Å². The van der Waals surface area contributed by atoms with Crippen LogP contribution < -0.4 is 10.2 Å². The number of hydrogen-bond acceptors (Lipinski definition) is 3. The fourth-order valence-electron chi connectivity index (χ4n) is 1.79. The third-order valence-corrected chi connectivity index (χ3v) is 2.92. The molecule has 2 N–H and O–H groups in total. The monoisotopic (exact) mass is 260 g/mol. The molecule has 0 bridgehead atoms. The predicted octanol–water partition coefficient (Wildman–Crippen LogP) is 3.21. The highest BCUT2D eigenvalue weighted by Crippen LogP contribution is 2.23. The second kappa shape index (κ2) is 5.61. The van der Waals surface area contributed by atoms with E-state index < -0.39 is 5.82 Å². The molecule has 100 valence electrons. The van der Waals surface area contributed by atoms with Crippen LogP contribution in [-0.2, 0) is 6.54 Å². The molecule has 19 heavy (non-hydrogen) atoms. The zero-order valence-electron chi connectivity index (χ0n) is 11.0. The summed E-state index contributed by atoms with van der Waals surface area (Å²) in [6.45, 7) is 0.375. The molecular formula is C15H17FN2O. The van der Waals surface area contributed by atoms with Crippen molar-refractivity contribution in [3.05, 3.63) is 53.8 Å². The van der Waals surface area contributed by atoms with Crippen molar-refractivity contribution in [1.82, 2.24) is 0 Å². The molecule has 0 fully saturated rings. The Hall–Kier alpha value is -2.23. The van der Waals surface area contributed by atoms with E-state index in [0.717, 1.165) is 11.4 Å². The SMILES string of the molecule is CN(C)c1cccc(NCc2cccc(F)c2O)c1. The first-order chi connectivity index (χ1) is 9.08. The quantitative estimate of drug-likeness (QED) is 0.886. The van der Waals surface area contributed by atoms with Gasteiger partial charge in [0.2, 0.25) is 0 Å². The van der Waals surface area contributed by atoms with E-state index in [2.05, 4.69) is 5.32 Å². The Morgan fingerprint density at radius 3 is 2.63 bits per heavy atom. The van der Waals surface area contributed by atoms with Crippen LogP contribution in [0.4, 0.5) is 15.8 Å². The number of hydrogen-bond donors (Lipinski definition) is 2. The van der Waals surface area contributed by atoms with Gasteiger partial charge in [0, 0.05) is 37.6 Å². The molecular weight excluding hydrogens is 243 g/mol. The number of para-hydroxylation sites is 1. The Balaban J connectivity index is 2.10. The van der Waals surface area contributed by atoms with Gasteiger partial charge in [0.1, 0.15) is 0 Å². The van der Waals surface area contributed by atoms with Gasteiger partial charge in [-0.25, -0.2) is 4.39 Å². The lowest BCUT2D eigenvalue weighted by Gasteiger charge is -2.14. The van der Waals surface area contributed by atoms with Gasteiger partial charge in [-0.15, -0.1) is 0 Å². The fraction of sp³-hybridized carbons (Fsp3) is 0.200. The van der Waals surface area contributed by atoms with Crippen molar-refractivity contribution in [3.63, 3.8) is 0 Å². The molecule has 0 heterocycles. The van der Waals surface area contributed by atoms with E-state index in [4.69, 9.17) is 0 Å². The van der Waals surface area contributed by atoms with Crippen LogP contribution in [-0.4, -0.2) is 19.2 Å². The number of nitrogens with zero attached hydrogens (tertiary/aromatic N) is 1. The summed E-state index contributed by atoms with van der Waals surface area (Å²) in [7, 11) is 3.94. The minimum absolute atomic E-state index is 0.293. The number of halogens is 1. The Bertz CT molecular complexity index is 570. The van der Waals surface area contributed by atoms with E-state index in [1.54, 1.807) is 12.1 Å². The summed E-state index contributed by atoms with van der Waals surface area (Å²) in [4.78, 5) is 2.00. The molecule has 0 aliphatic heterocycles. The van der Waals surface area contributed by atoms with Gasteiger partial charge >= 0.3 is 0 Å². The van der Waals surface area contributed by atoms with E-state index in [-0.39, 0.29) is 5.75 Å². The van der Waals surface area contributed by atoms with Gasteiger partial charge in [-0.05, 0) is 24.3 Å². The summed E-state index contributed by atoms with van der Waals surface area (Å²) in [5.74, 6) is -0.889. The number of phenols is 1. The van der Waals surface area contributed by atoms with Crippen LogP contribution in [0.15, 0.2) is 42.5 Å². The molecule has 2 rings (SSSR count). The molecule has 0 saturated heterocycles. The average Bonchev–Trinajstić information content (AvgIpc) is 2.41. The molecule has 0 amide bonds. The number of rotatable bonds is 4. The van der Waals surface area contributed by atoms with Crippen molar-refractivity contribution in [2.45, 2.75) is 6.54 Å². The standard InChI is InChI=1S/C15H17FN2O/c1-18(2)13-7-4-6-12(9-13)17-10-11-5-3-8-14(16)15(11)19/h3-9,17,19H,10H2,1-2H3. The van der Waals surface area contributed by atoms with Gasteiger partial charge in [0.05, 0.1) is 0 Å². The second-order valence-corrected chi connectivity index (χ2v) is 4.55. The summed E-state index contributed by atoms with van der Waals surface area (Å²) in [6, 6.07) is 12.4. The van der Waals surface area contributed by atoms with Crippen molar-refractivity contribution >= 4 is 11.4 Å². The number of benzene rings is 2. The molecule has 0 atom stereocenters. The summed E-state index contributed by atoms with van der Waals surface area (Å²) >= 11 is 0. The van der Waals surface area contributed by atoms with Crippen LogP contribution in [0.1, 0.15) is 5.56 Å². The first-order valence-corrected chi connectivity index (χ1v) is 6.05. The number of aromatic hydroxyl groups is 1. The molecule has 2 aromatic rings. The molecule has 3 nitrogen and oxygen atoms in total. The van der Waals surface area contributed by atoms with Gasteiger partial charge in [-0.3, -0.25) is 0 Å². The lowest BCUT2D eigenvalue weighted by atomic mass is 10.2. The molecule has 0 aliphatic carbocycles. The maximum atomic E-state index is 13.2. The molecule has 0 saturated carbocycles. The van der Waals surface area contributed by atoms with Crippen molar-refractivity contribution in [1.29, 1.82) is 0 Å². The summed E-state index contributed by atoms with van der Waals surface area (Å²) in [5, 5.41) is 12.8. The molecule has 0 aliphatic rings. The zero-order chi connectivity index (χ0) is 13.8. The van der Waals surface area contributed by atoms with Crippen molar-refractivity contribution in [2.75, 3.05) is 24.3 Å². The highest BCUT2D eigenvalue weighted by atomic mass is 19.1. The first-order valence-electron chi connectivity index (χ1n) is 6.05. The van der Waals surface area contributed by atoms with Crippen LogP contribution in [0, 0.1) is 5.82 Å². The van der Waals surface area contributed by atoms with Crippen LogP contribution in [0.25, 0.3) is 0 Å². The van der Waals surface area contributed by atoms with Gasteiger partial charge < -0.3 is 15.3 Å². The van der Waals surface area contributed by atoms with Crippen molar-refractivity contribution < 1.29 is 9.50 Å². The lowest BCUT2D eigenvalue weighted by molar-refractivity contribution is 0.427. The maximum absolute atomic E-state index is 13.2. The largest absolute Gasteiger partial charge is 0.505 e.